The molecule has 1 aliphatic carbocycles. The van der Waals surface area contributed by atoms with Gasteiger partial charge in [0.05, 0.1) is 0 Å². The lowest BCUT2D eigenvalue weighted by molar-refractivity contribution is 0.357. The molecule has 2 rings (SSSR count). The standard InChI is InChI=1S/C10H18N4O/c1-14(10-13-12-9(11)15-10)7-8-5-3-2-4-6-8/h8H,2-7H2,1H3,(H2,11,12). The number of nitrogen functional groups attached to an aromatic ring is 1. The SMILES string of the molecule is CN(CC1CCCCC1)c1nnc(N)o1. The van der Waals surface area contributed by atoms with E-state index in [0.717, 1.165) is 12.5 Å². The van der Waals surface area contributed by atoms with Crippen LogP contribution in [0.4, 0.5) is 12.0 Å². The predicted molar refractivity (Wildman–Crippen MR) is 58.6 cm³/mol. The smallest absolute Gasteiger partial charge is 0.319 e. The van der Waals surface area contributed by atoms with Crippen molar-refractivity contribution in [1.29, 1.82) is 0 Å². The van der Waals surface area contributed by atoms with Crippen molar-refractivity contribution < 1.29 is 4.42 Å². The molecular formula is C10H18N4O. The van der Waals surface area contributed by atoms with Crippen LogP contribution in [-0.2, 0) is 0 Å². The van der Waals surface area contributed by atoms with Crippen LogP contribution in [0.3, 0.4) is 0 Å². The lowest BCUT2D eigenvalue weighted by Gasteiger charge is -2.25. The topological polar surface area (TPSA) is 68.2 Å². The Morgan fingerprint density at radius 1 is 1.33 bits per heavy atom. The summed E-state index contributed by atoms with van der Waals surface area (Å²) in [6.45, 7) is 0.988. The van der Waals surface area contributed by atoms with Gasteiger partial charge in [-0.1, -0.05) is 29.5 Å². The van der Waals surface area contributed by atoms with Crippen molar-refractivity contribution in [2.45, 2.75) is 32.1 Å². The summed E-state index contributed by atoms with van der Waals surface area (Å²) in [6, 6.07) is 0.665. The summed E-state index contributed by atoms with van der Waals surface area (Å²) >= 11 is 0. The average Bonchev–Trinajstić information content (AvgIpc) is 2.66. The maximum absolute atomic E-state index is 5.38. The van der Waals surface area contributed by atoms with Crippen LogP contribution in [0, 0.1) is 5.92 Å². The van der Waals surface area contributed by atoms with E-state index in [4.69, 9.17) is 10.2 Å². The number of nitrogens with two attached hydrogens (primary N) is 1. The minimum atomic E-state index is 0.139. The van der Waals surface area contributed by atoms with E-state index in [-0.39, 0.29) is 6.01 Å². The Balaban J connectivity index is 1.88. The molecule has 15 heavy (non-hydrogen) atoms. The van der Waals surface area contributed by atoms with E-state index in [0.29, 0.717) is 6.01 Å². The molecule has 0 atom stereocenters. The van der Waals surface area contributed by atoms with Gasteiger partial charge >= 0.3 is 12.0 Å². The summed E-state index contributed by atoms with van der Waals surface area (Å²) in [6.07, 6.45) is 6.71. The van der Waals surface area contributed by atoms with Gasteiger partial charge in [0.15, 0.2) is 0 Å². The number of hydrogen-bond acceptors (Lipinski definition) is 5. The quantitative estimate of drug-likeness (QED) is 0.821. The molecule has 0 radical (unpaired) electrons. The Bertz CT molecular complexity index is 306. The molecule has 0 aliphatic heterocycles. The van der Waals surface area contributed by atoms with Gasteiger partial charge in [0.1, 0.15) is 0 Å². The van der Waals surface area contributed by atoms with Crippen molar-refractivity contribution in [3.63, 3.8) is 0 Å². The lowest BCUT2D eigenvalue weighted by Crippen LogP contribution is -2.27. The molecule has 2 N–H and O–H groups in total. The van der Waals surface area contributed by atoms with Gasteiger partial charge in [-0.05, 0) is 18.8 Å². The van der Waals surface area contributed by atoms with Crippen LogP contribution in [0.15, 0.2) is 4.42 Å². The molecule has 0 amide bonds. The fraction of sp³-hybridized carbons (Fsp3) is 0.800. The second-order valence-electron chi connectivity index (χ2n) is 4.31. The predicted octanol–water partition coefficient (Wildman–Crippen LogP) is 1.67. The molecule has 1 aromatic rings. The largest absolute Gasteiger partial charge is 0.390 e. The summed E-state index contributed by atoms with van der Waals surface area (Å²) in [7, 11) is 1.97. The first-order chi connectivity index (χ1) is 7.25. The molecule has 84 valence electrons. The zero-order valence-electron chi connectivity index (χ0n) is 9.15. The molecule has 5 heteroatoms. The maximum atomic E-state index is 5.38. The molecule has 5 nitrogen and oxygen atoms in total. The van der Waals surface area contributed by atoms with Crippen molar-refractivity contribution in [1.82, 2.24) is 10.2 Å². The number of anilines is 2. The third kappa shape index (κ3) is 2.61. The summed E-state index contributed by atoms with van der Waals surface area (Å²) in [5.74, 6) is 0.761. The molecular weight excluding hydrogens is 192 g/mol. The molecule has 1 saturated carbocycles. The van der Waals surface area contributed by atoms with E-state index in [1.165, 1.54) is 32.1 Å². The molecule has 0 spiro atoms. The highest BCUT2D eigenvalue weighted by Crippen LogP contribution is 2.25. The summed E-state index contributed by atoms with van der Waals surface area (Å²) < 4.78 is 5.17. The number of rotatable bonds is 3. The third-order valence-corrected chi connectivity index (χ3v) is 3.01. The van der Waals surface area contributed by atoms with Gasteiger partial charge in [-0.2, -0.15) is 0 Å². The fourth-order valence-electron chi connectivity index (χ4n) is 2.22. The Morgan fingerprint density at radius 3 is 2.67 bits per heavy atom. The Morgan fingerprint density at radius 2 is 2.07 bits per heavy atom. The normalized spacial score (nSPS) is 17.9. The number of aromatic nitrogens is 2. The van der Waals surface area contributed by atoms with Crippen molar-refractivity contribution >= 4 is 12.0 Å². The monoisotopic (exact) mass is 210 g/mol. The van der Waals surface area contributed by atoms with Gasteiger partial charge in [0, 0.05) is 13.6 Å². The van der Waals surface area contributed by atoms with Crippen molar-refractivity contribution in [2.75, 3.05) is 24.2 Å². The van der Waals surface area contributed by atoms with Crippen molar-refractivity contribution in [2.24, 2.45) is 5.92 Å². The van der Waals surface area contributed by atoms with Gasteiger partial charge < -0.3 is 15.1 Å². The highest BCUT2D eigenvalue weighted by atomic mass is 16.4. The minimum Gasteiger partial charge on any atom is -0.390 e. The number of hydrogen-bond donors (Lipinski definition) is 1. The fourth-order valence-corrected chi connectivity index (χ4v) is 2.22. The van der Waals surface area contributed by atoms with Gasteiger partial charge in [-0.3, -0.25) is 0 Å². The molecule has 0 aromatic carbocycles. The molecule has 1 fully saturated rings. The summed E-state index contributed by atoms with van der Waals surface area (Å²) in [5.41, 5.74) is 5.38. The molecule has 1 aromatic heterocycles. The second kappa shape index (κ2) is 4.51. The van der Waals surface area contributed by atoms with Crippen LogP contribution in [0.25, 0.3) is 0 Å². The van der Waals surface area contributed by atoms with Gasteiger partial charge in [-0.25, -0.2) is 0 Å². The summed E-state index contributed by atoms with van der Waals surface area (Å²) in [4.78, 5) is 2.00. The molecule has 1 aliphatic rings. The van der Waals surface area contributed by atoms with E-state index < -0.39 is 0 Å². The zero-order valence-corrected chi connectivity index (χ0v) is 9.15. The zero-order chi connectivity index (χ0) is 10.7. The first kappa shape index (κ1) is 10.3. The molecule has 1 heterocycles. The molecule has 0 unspecified atom stereocenters. The van der Waals surface area contributed by atoms with E-state index in [9.17, 15) is 0 Å². The highest BCUT2D eigenvalue weighted by molar-refractivity contribution is 5.26. The van der Waals surface area contributed by atoms with Gasteiger partial charge in [0.2, 0.25) is 0 Å². The van der Waals surface area contributed by atoms with Crippen LogP contribution in [0.2, 0.25) is 0 Å². The van der Waals surface area contributed by atoms with Gasteiger partial charge in [0.25, 0.3) is 0 Å². The van der Waals surface area contributed by atoms with Crippen LogP contribution >= 0.6 is 0 Å². The minimum absolute atomic E-state index is 0.139. The van der Waals surface area contributed by atoms with Crippen molar-refractivity contribution in [3.05, 3.63) is 0 Å². The lowest BCUT2D eigenvalue weighted by atomic mass is 9.89. The maximum Gasteiger partial charge on any atom is 0.319 e. The van der Waals surface area contributed by atoms with E-state index in [1.54, 1.807) is 0 Å². The third-order valence-electron chi connectivity index (χ3n) is 3.01. The number of nitrogens with zero attached hydrogens (tertiary/aromatic N) is 3. The van der Waals surface area contributed by atoms with Gasteiger partial charge in [-0.15, -0.1) is 0 Å². The summed E-state index contributed by atoms with van der Waals surface area (Å²) in [5, 5.41) is 7.52. The molecule has 0 saturated heterocycles. The Hall–Kier alpha value is -1.26. The van der Waals surface area contributed by atoms with E-state index in [2.05, 4.69) is 10.2 Å². The average molecular weight is 210 g/mol. The van der Waals surface area contributed by atoms with Crippen LogP contribution in [-0.4, -0.2) is 23.8 Å². The first-order valence-electron chi connectivity index (χ1n) is 5.56. The Kier molecular flexibility index (Phi) is 3.08. The highest BCUT2D eigenvalue weighted by Gasteiger charge is 2.17. The van der Waals surface area contributed by atoms with Crippen LogP contribution in [0.5, 0.6) is 0 Å². The van der Waals surface area contributed by atoms with Crippen LogP contribution < -0.4 is 10.6 Å². The Labute approximate surface area is 89.6 Å². The van der Waals surface area contributed by atoms with E-state index >= 15 is 0 Å². The first-order valence-corrected chi connectivity index (χ1v) is 5.56. The van der Waals surface area contributed by atoms with E-state index in [1.807, 2.05) is 11.9 Å². The van der Waals surface area contributed by atoms with Crippen LogP contribution in [0.1, 0.15) is 32.1 Å². The molecule has 0 bridgehead atoms. The van der Waals surface area contributed by atoms with Crippen molar-refractivity contribution in [3.8, 4) is 0 Å². The second-order valence-corrected chi connectivity index (χ2v) is 4.31.